The van der Waals surface area contributed by atoms with Gasteiger partial charge in [0.2, 0.25) is 5.91 Å². The molecular formula is C17H17BrN2O3S. The highest BCUT2D eigenvalue weighted by Gasteiger charge is 2.27. The van der Waals surface area contributed by atoms with E-state index in [9.17, 15) is 13.2 Å². The lowest BCUT2D eigenvalue weighted by atomic mass is 10.2. The van der Waals surface area contributed by atoms with Crippen LogP contribution in [0.15, 0.2) is 51.8 Å². The van der Waals surface area contributed by atoms with Gasteiger partial charge in [0.15, 0.2) is 0 Å². The summed E-state index contributed by atoms with van der Waals surface area (Å²) in [6, 6.07) is 12.0. The van der Waals surface area contributed by atoms with Crippen LogP contribution in [0.25, 0.3) is 0 Å². The molecule has 1 aliphatic heterocycles. The Balaban J connectivity index is 1.96. The minimum absolute atomic E-state index is 0.0312. The summed E-state index contributed by atoms with van der Waals surface area (Å²) in [6.45, 7) is 2.11. The maximum absolute atomic E-state index is 12.9. The lowest BCUT2D eigenvalue weighted by Gasteiger charge is -2.20. The van der Waals surface area contributed by atoms with E-state index in [1.165, 1.54) is 18.3 Å². The van der Waals surface area contributed by atoms with Gasteiger partial charge >= 0.3 is 0 Å². The predicted molar refractivity (Wildman–Crippen MR) is 97.9 cm³/mol. The Morgan fingerprint density at radius 1 is 1.17 bits per heavy atom. The van der Waals surface area contributed by atoms with Gasteiger partial charge in [0.25, 0.3) is 10.0 Å². The Morgan fingerprint density at radius 2 is 1.83 bits per heavy atom. The normalized spacial score (nSPS) is 13.7. The Bertz CT molecular complexity index is 895. The van der Waals surface area contributed by atoms with Crippen LogP contribution in [0.4, 0.5) is 11.4 Å². The molecule has 24 heavy (non-hydrogen) atoms. The van der Waals surface area contributed by atoms with E-state index in [-0.39, 0.29) is 10.8 Å². The second kappa shape index (κ2) is 6.22. The fourth-order valence-corrected chi connectivity index (χ4v) is 4.32. The zero-order chi connectivity index (χ0) is 17.5. The molecule has 0 bridgehead atoms. The molecule has 0 fully saturated rings. The third-order valence-electron chi connectivity index (χ3n) is 4.18. The summed E-state index contributed by atoms with van der Waals surface area (Å²) in [6.07, 6.45) is 0.667. The van der Waals surface area contributed by atoms with Gasteiger partial charge in [0, 0.05) is 30.7 Å². The van der Waals surface area contributed by atoms with E-state index in [0.29, 0.717) is 18.7 Å². The third kappa shape index (κ3) is 2.93. The zero-order valence-corrected chi connectivity index (χ0v) is 15.8. The number of nitrogens with zero attached hydrogens (tertiary/aromatic N) is 2. The smallest absolute Gasteiger partial charge is 0.264 e. The lowest BCUT2D eigenvalue weighted by Crippen LogP contribution is -2.27. The van der Waals surface area contributed by atoms with Crippen molar-refractivity contribution in [1.82, 2.24) is 0 Å². The van der Waals surface area contributed by atoms with Crippen molar-refractivity contribution in [2.75, 3.05) is 22.8 Å². The third-order valence-corrected chi connectivity index (χ3v) is 6.49. The number of hydrogen-bond acceptors (Lipinski definition) is 3. The van der Waals surface area contributed by atoms with Crippen LogP contribution in [0, 0.1) is 0 Å². The minimum atomic E-state index is -3.65. The SMILES string of the molecule is CC(=O)N1CCc2cc(S(=O)(=O)N(C)c3ccc(Br)cc3)ccc21. The van der Waals surface area contributed by atoms with Gasteiger partial charge in [-0.05, 0) is 54.4 Å². The van der Waals surface area contributed by atoms with Crippen molar-refractivity contribution in [2.24, 2.45) is 0 Å². The molecular weight excluding hydrogens is 392 g/mol. The molecule has 2 aromatic rings. The van der Waals surface area contributed by atoms with Crippen molar-refractivity contribution in [3.8, 4) is 0 Å². The highest BCUT2D eigenvalue weighted by Crippen LogP contribution is 2.32. The van der Waals surface area contributed by atoms with Crippen LogP contribution in [0.3, 0.4) is 0 Å². The molecule has 0 aromatic heterocycles. The minimum Gasteiger partial charge on any atom is -0.312 e. The van der Waals surface area contributed by atoms with Crippen LogP contribution >= 0.6 is 15.9 Å². The first-order chi connectivity index (χ1) is 11.3. The Hall–Kier alpha value is -1.86. The molecule has 0 unspecified atom stereocenters. The van der Waals surface area contributed by atoms with E-state index < -0.39 is 10.0 Å². The monoisotopic (exact) mass is 408 g/mol. The van der Waals surface area contributed by atoms with Gasteiger partial charge in [-0.1, -0.05) is 15.9 Å². The van der Waals surface area contributed by atoms with Gasteiger partial charge in [0.1, 0.15) is 0 Å². The molecule has 3 rings (SSSR count). The summed E-state index contributed by atoms with van der Waals surface area (Å²) >= 11 is 3.34. The van der Waals surface area contributed by atoms with Gasteiger partial charge in [-0.15, -0.1) is 0 Å². The molecule has 0 saturated heterocycles. The average molecular weight is 409 g/mol. The van der Waals surface area contributed by atoms with Crippen molar-refractivity contribution < 1.29 is 13.2 Å². The molecule has 0 atom stereocenters. The highest BCUT2D eigenvalue weighted by molar-refractivity contribution is 9.10. The summed E-state index contributed by atoms with van der Waals surface area (Å²) in [4.78, 5) is 13.5. The second-order valence-electron chi connectivity index (χ2n) is 5.66. The van der Waals surface area contributed by atoms with Gasteiger partial charge < -0.3 is 4.90 Å². The Labute approximate surface area is 150 Å². The molecule has 0 aliphatic carbocycles. The standard InChI is InChI=1S/C17H17BrN2O3S/c1-12(21)20-10-9-13-11-16(7-8-17(13)20)24(22,23)19(2)15-5-3-14(18)4-6-15/h3-8,11H,9-10H2,1-2H3. The Kier molecular flexibility index (Phi) is 4.40. The number of halogens is 1. The van der Waals surface area contributed by atoms with Crippen LogP contribution < -0.4 is 9.21 Å². The average Bonchev–Trinajstić information content (AvgIpc) is 2.98. The fourth-order valence-electron chi connectivity index (χ4n) is 2.81. The number of rotatable bonds is 3. The van der Waals surface area contributed by atoms with E-state index in [4.69, 9.17) is 0 Å². The number of sulfonamides is 1. The second-order valence-corrected chi connectivity index (χ2v) is 8.55. The summed E-state index contributed by atoms with van der Waals surface area (Å²) < 4.78 is 27.9. The zero-order valence-electron chi connectivity index (χ0n) is 13.4. The van der Waals surface area contributed by atoms with Gasteiger partial charge in [-0.2, -0.15) is 0 Å². The lowest BCUT2D eigenvalue weighted by molar-refractivity contribution is -0.116. The van der Waals surface area contributed by atoms with Crippen LogP contribution in [-0.4, -0.2) is 27.9 Å². The van der Waals surface area contributed by atoms with Gasteiger partial charge in [-0.3, -0.25) is 9.10 Å². The summed E-state index contributed by atoms with van der Waals surface area (Å²) in [5, 5.41) is 0. The molecule has 5 nitrogen and oxygen atoms in total. The van der Waals surface area contributed by atoms with Crippen LogP contribution in [0.1, 0.15) is 12.5 Å². The number of carbonyl (C=O) groups is 1. The van der Waals surface area contributed by atoms with E-state index in [0.717, 1.165) is 15.7 Å². The number of benzene rings is 2. The number of fused-ring (bicyclic) bond motifs is 1. The van der Waals surface area contributed by atoms with Gasteiger partial charge in [0.05, 0.1) is 10.6 Å². The largest absolute Gasteiger partial charge is 0.312 e. The molecule has 0 radical (unpaired) electrons. The summed E-state index contributed by atoms with van der Waals surface area (Å²) in [7, 11) is -2.11. The summed E-state index contributed by atoms with van der Waals surface area (Å²) in [5.41, 5.74) is 2.27. The number of carbonyl (C=O) groups excluding carboxylic acids is 1. The van der Waals surface area contributed by atoms with Crippen molar-refractivity contribution >= 4 is 43.2 Å². The number of hydrogen-bond donors (Lipinski definition) is 0. The highest BCUT2D eigenvalue weighted by atomic mass is 79.9. The van der Waals surface area contributed by atoms with Crippen molar-refractivity contribution in [3.05, 3.63) is 52.5 Å². The molecule has 1 amide bonds. The molecule has 0 N–H and O–H groups in total. The van der Waals surface area contributed by atoms with E-state index in [1.807, 2.05) is 0 Å². The topological polar surface area (TPSA) is 57.7 Å². The van der Waals surface area contributed by atoms with Gasteiger partial charge in [-0.25, -0.2) is 8.42 Å². The van der Waals surface area contributed by atoms with Crippen molar-refractivity contribution in [1.29, 1.82) is 0 Å². The van der Waals surface area contributed by atoms with E-state index >= 15 is 0 Å². The molecule has 1 aliphatic rings. The predicted octanol–water partition coefficient (Wildman–Crippen LogP) is 3.18. The number of anilines is 2. The molecule has 0 spiro atoms. The first-order valence-corrected chi connectivity index (χ1v) is 9.69. The summed E-state index contributed by atoms with van der Waals surface area (Å²) in [5.74, 6) is -0.0312. The quantitative estimate of drug-likeness (QED) is 0.783. The molecule has 1 heterocycles. The maximum atomic E-state index is 12.9. The fraction of sp³-hybridized carbons (Fsp3) is 0.235. The Morgan fingerprint density at radius 3 is 2.46 bits per heavy atom. The van der Waals surface area contributed by atoms with Crippen molar-refractivity contribution in [3.63, 3.8) is 0 Å². The van der Waals surface area contributed by atoms with Crippen molar-refractivity contribution in [2.45, 2.75) is 18.2 Å². The van der Waals surface area contributed by atoms with E-state index in [1.54, 1.807) is 47.4 Å². The maximum Gasteiger partial charge on any atom is 0.264 e. The first kappa shape index (κ1) is 17.0. The molecule has 126 valence electrons. The van der Waals surface area contributed by atoms with E-state index in [2.05, 4.69) is 15.9 Å². The number of amides is 1. The molecule has 0 saturated carbocycles. The molecule has 7 heteroatoms. The van der Waals surface area contributed by atoms with Crippen LogP contribution in [0.2, 0.25) is 0 Å². The molecule has 2 aromatic carbocycles. The van der Waals surface area contributed by atoms with Crippen LogP contribution in [0.5, 0.6) is 0 Å². The first-order valence-electron chi connectivity index (χ1n) is 7.46. The van der Waals surface area contributed by atoms with Crippen LogP contribution in [-0.2, 0) is 21.2 Å².